The standard InChI is InChI=1S/C12H17N5OS/c1-14-12(18)8-3-2-6-17(7-8)11-9(10(13)19)15-4-5-16-11/h4-5,8H,2-3,6-7H2,1H3,(H2,13,19)(H,14,18). The van der Waals surface area contributed by atoms with Crippen LogP contribution >= 0.6 is 12.2 Å². The second kappa shape index (κ2) is 5.92. The number of thiocarbonyl (C=S) groups is 1. The molecule has 1 aliphatic heterocycles. The fourth-order valence-electron chi connectivity index (χ4n) is 2.32. The molecule has 0 bridgehead atoms. The minimum Gasteiger partial charge on any atom is -0.388 e. The molecule has 0 saturated carbocycles. The highest BCUT2D eigenvalue weighted by Gasteiger charge is 2.27. The molecule has 19 heavy (non-hydrogen) atoms. The minimum absolute atomic E-state index is 0.0278. The van der Waals surface area contributed by atoms with Crippen LogP contribution in [0, 0.1) is 5.92 Å². The third-order valence-electron chi connectivity index (χ3n) is 3.25. The van der Waals surface area contributed by atoms with E-state index in [0.29, 0.717) is 18.1 Å². The molecule has 2 heterocycles. The van der Waals surface area contributed by atoms with E-state index in [9.17, 15) is 4.79 Å². The molecule has 0 spiro atoms. The van der Waals surface area contributed by atoms with Gasteiger partial charge in [0.25, 0.3) is 0 Å². The molecule has 0 aromatic carbocycles. The van der Waals surface area contributed by atoms with Crippen LogP contribution in [0.3, 0.4) is 0 Å². The maximum absolute atomic E-state index is 11.7. The molecule has 1 fully saturated rings. The fourth-order valence-corrected chi connectivity index (χ4v) is 2.47. The van der Waals surface area contributed by atoms with E-state index in [4.69, 9.17) is 18.0 Å². The van der Waals surface area contributed by atoms with E-state index in [-0.39, 0.29) is 16.8 Å². The largest absolute Gasteiger partial charge is 0.388 e. The second-order valence-electron chi connectivity index (χ2n) is 4.49. The zero-order valence-electron chi connectivity index (χ0n) is 10.8. The first-order chi connectivity index (χ1) is 9.13. The van der Waals surface area contributed by atoms with E-state index >= 15 is 0 Å². The normalized spacial score (nSPS) is 19.0. The highest BCUT2D eigenvalue weighted by molar-refractivity contribution is 7.80. The van der Waals surface area contributed by atoms with Gasteiger partial charge in [-0.25, -0.2) is 9.97 Å². The fraction of sp³-hybridized carbons (Fsp3) is 0.500. The van der Waals surface area contributed by atoms with Crippen molar-refractivity contribution in [2.75, 3.05) is 25.0 Å². The lowest BCUT2D eigenvalue weighted by Gasteiger charge is -2.33. The van der Waals surface area contributed by atoms with Crippen molar-refractivity contribution in [3.63, 3.8) is 0 Å². The summed E-state index contributed by atoms with van der Waals surface area (Å²) in [4.78, 5) is 22.5. The molecular formula is C12H17N5OS. The van der Waals surface area contributed by atoms with Crippen molar-refractivity contribution in [3.8, 4) is 0 Å². The number of nitrogens with one attached hydrogen (secondary N) is 1. The summed E-state index contributed by atoms with van der Waals surface area (Å²) in [6, 6.07) is 0. The molecule has 6 nitrogen and oxygen atoms in total. The van der Waals surface area contributed by atoms with Crippen molar-refractivity contribution in [2.45, 2.75) is 12.8 Å². The zero-order chi connectivity index (χ0) is 13.8. The summed E-state index contributed by atoms with van der Waals surface area (Å²) in [5.41, 5.74) is 6.19. The number of carbonyl (C=O) groups excluding carboxylic acids is 1. The lowest BCUT2D eigenvalue weighted by atomic mass is 9.97. The van der Waals surface area contributed by atoms with Crippen LogP contribution in [-0.4, -0.2) is 41.0 Å². The summed E-state index contributed by atoms with van der Waals surface area (Å²) in [6.07, 6.45) is 5.00. The van der Waals surface area contributed by atoms with Crippen LogP contribution in [0.5, 0.6) is 0 Å². The van der Waals surface area contributed by atoms with Crippen LogP contribution in [0.15, 0.2) is 12.4 Å². The molecule has 1 unspecified atom stereocenters. The first kappa shape index (κ1) is 13.7. The van der Waals surface area contributed by atoms with Gasteiger partial charge in [0.15, 0.2) is 5.82 Å². The van der Waals surface area contributed by atoms with Gasteiger partial charge in [0, 0.05) is 32.5 Å². The number of aromatic nitrogens is 2. The zero-order valence-corrected chi connectivity index (χ0v) is 11.6. The molecule has 1 saturated heterocycles. The SMILES string of the molecule is CNC(=O)C1CCCN(c2nccnc2C(N)=S)C1. The third-order valence-corrected chi connectivity index (χ3v) is 3.44. The van der Waals surface area contributed by atoms with Gasteiger partial charge in [0.05, 0.1) is 5.92 Å². The summed E-state index contributed by atoms with van der Waals surface area (Å²) in [5, 5.41) is 2.69. The van der Waals surface area contributed by atoms with Crippen molar-refractivity contribution < 1.29 is 4.79 Å². The van der Waals surface area contributed by atoms with Gasteiger partial charge >= 0.3 is 0 Å². The topological polar surface area (TPSA) is 84.1 Å². The molecule has 1 atom stereocenters. The number of nitrogens with zero attached hydrogens (tertiary/aromatic N) is 3. The predicted octanol–water partition coefficient (Wildman–Crippen LogP) is 0.0732. The van der Waals surface area contributed by atoms with E-state index in [1.165, 1.54) is 0 Å². The highest BCUT2D eigenvalue weighted by Crippen LogP contribution is 2.23. The third kappa shape index (κ3) is 2.98. The van der Waals surface area contributed by atoms with Crippen molar-refractivity contribution in [1.29, 1.82) is 0 Å². The Kier molecular flexibility index (Phi) is 4.26. The van der Waals surface area contributed by atoms with E-state index in [1.54, 1.807) is 19.4 Å². The van der Waals surface area contributed by atoms with Gasteiger partial charge in [-0.05, 0) is 12.8 Å². The number of nitrogens with two attached hydrogens (primary N) is 1. The molecule has 2 rings (SSSR count). The minimum atomic E-state index is -0.0278. The number of anilines is 1. The number of amides is 1. The first-order valence-corrected chi connectivity index (χ1v) is 6.61. The number of hydrogen-bond acceptors (Lipinski definition) is 5. The average molecular weight is 279 g/mol. The van der Waals surface area contributed by atoms with Crippen molar-refractivity contribution in [1.82, 2.24) is 15.3 Å². The van der Waals surface area contributed by atoms with Crippen LogP contribution in [0.25, 0.3) is 0 Å². The quantitative estimate of drug-likeness (QED) is 0.762. The Morgan fingerprint density at radius 2 is 2.26 bits per heavy atom. The monoisotopic (exact) mass is 279 g/mol. The van der Waals surface area contributed by atoms with Gasteiger partial charge < -0.3 is 16.0 Å². The molecule has 3 N–H and O–H groups in total. The second-order valence-corrected chi connectivity index (χ2v) is 4.93. The highest BCUT2D eigenvalue weighted by atomic mass is 32.1. The molecule has 0 aliphatic carbocycles. The predicted molar refractivity (Wildman–Crippen MR) is 76.9 cm³/mol. The van der Waals surface area contributed by atoms with Crippen molar-refractivity contribution in [2.24, 2.45) is 11.7 Å². The Labute approximate surface area is 117 Å². The Morgan fingerprint density at radius 3 is 2.95 bits per heavy atom. The molecule has 1 aromatic rings. The molecule has 0 radical (unpaired) electrons. The van der Waals surface area contributed by atoms with Crippen LogP contribution < -0.4 is 16.0 Å². The first-order valence-electron chi connectivity index (χ1n) is 6.21. The Bertz CT molecular complexity index is 493. The van der Waals surface area contributed by atoms with E-state index in [2.05, 4.69) is 15.3 Å². The molecule has 1 aliphatic rings. The average Bonchev–Trinajstić information content (AvgIpc) is 2.46. The Hall–Kier alpha value is -1.76. The summed E-state index contributed by atoms with van der Waals surface area (Å²) in [6.45, 7) is 1.45. The lowest BCUT2D eigenvalue weighted by Crippen LogP contribution is -2.43. The Balaban J connectivity index is 2.22. The number of piperidine rings is 1. The number of carbonyl (C=O) groups is 1. The van der Waals surface area contributed by atoms with Gasteiger partial charge in [-0.15, -0.1) is 0 Å². The van der Waals surface area contributed by atoms with Gasteiger partial charge in [0.2, 0.25) is 5.91 Å². The van der Waals surface area contributed by atoms with Crippen molar-refractivity contribution in [3.05, 3.63) is 18.1 Å². The van der Waals surface area contributed by atoms with Crippen LogP contribution in [0.2, 0.25) is 0 Å². The summed E-state index contributed by atoms with van der Waals surface area (Å²) in [7, 11) is 1.66. The summed E-state index contributed by atoms with van der Waals surface area (Å²) in [5.74, 6) is 0.703. The number of rotatable bonds is 3. The molecule has 1 aromatic heterocycles. The molecule has 1 amide bonds. The molecule has 102 valence electrons. The van der Waals surface area contributed by atoms with E-state index in [1.807, 2.05) is 4.90 Å². The summed E-state index contributed by atoms with van der Waals surface area (Å²) < 4.78 is 0. The number of hydrogen-bond donors (Lipinski definition) is 2. The van der Waals surface area contributed by atoms with Gasteiger partial charge in [0.1, 0.15) is 10.7 Å². The maximum Gasteiger partial charge on any atom is 0.224 e. The smallest absolute Gasteiger partial charge is 0.224 e. The molecule has 7 heteroatoms. The summed E-state index contributed by atoms with van der Waals surface area (Å²) >= 11 is 4.99. The van der Waals surface area contributed by atoms with Crippen LogP contribution in [-0.2, 0) is 4.79 Å². The van der Waals surface area contributed by atoms with Gasteiger partial charge in [-0.3, -0.25) is 4.79 Å². The van der Waals surface area contributed by atoms with E-state index < -0.39 is 0 Å². The van der Waals surface area contributed by atoms with Crippen molar-refractivity contribution >= 4 is 28.9 Å². The van der Waals surface area contributed by atoms with Crippen LogP contribution in [0.4, 0.5) is 5.82 Å². The maximum atomic E-state index is 11.7. The van der Waals surface area contributed by atoms with Gasteiger partial charge in [-0.2, -0.15) is 0 Å². The van der Waals surface area contributed by atoms with Crippen LogP contribution in [0.1, 0.15) is 18.5 Å². The van der Waals surface area contributed by atoms with E-state index in [0.717, 1.165) is 19.4 Å². The Morgan fingerprint density at radius 1 is 1.53 bits per heavy atom. The van der Waals surface area contributed by atoms with Gasteiger partial charge in [-0.1, -0.05) is 12.2 Å². The lowest BCUT2D eigenvalue weighted by molar-refractivity contribution is -0.124. The molecular weight excluding hydrogens is 262 g/mol.